The van der Waals surface area contributed by atoms with Crippen molar-refractivity contribution in [2.75, 3.05) is 0 Å². The Kier molecular flexibility index (Phi) is 5.59. The van der Waals surface area contributed by atoms with Gasteiger partial charge in [0.25, 0.3) is 5.91 Å². The van der Waals surface area contributed by atoms with Crippen molar-refractivity contribution in [3.05, 3.63) is 65.2 Å². The van der Waals surface area contributed by atoms with E-state index < -0.39 is 6.10 Å². The summed E-state index contributed by atoms with van der Waals surface area (Å²) in [6.45, 7) is 6.57. The number of hydrogen-bond donors (Lipinski definition) is 1. The van der Waals surface area contributed by atoms with Crippen LogP contribution >= 0.6 is 0 Å². The lowest BCUT2D eigenvalue weighted by Gasteiger charge is -2.18. The van der Waals surface area contributed by atoms with Crippen LogP contribution < -0.4 is 10.1 Å². The Morgan fingerprint density at radius 3 is 2.45 bits per heavy atom. The van der Waals surface area contributed by atoms with Crippen molar-refractivity contribution in [2.45, 2.75) is 39.8 Å². The molecule has 0 saturated carbocycles. The summed E-state index contributed by atoms with van der Waals surface area (Å²) in [5.41, 5.74) is 3.46. The lowest BCUT2D eigenvalue weighted by molar-refractivity contribution is -0.128. The quantitative estimate of drug-likeness (QED) is 0.881. The van der Waals surface area contributed by atoms with Crippen LogP contribution in [0.25, 0.3) is 0 Å². The van der Waals surface area contributed by atoms with Crippen molar-refractivity contribution in [2.24, 2.45) is 0 Å². The molecule has 0 spiro atoms. The van der Waals surface area contributed by atoms with E-state index in [-0.39, 0.29) is 5.91 Å². The van der Waals surface area contributed by atoms with Crippen molar-refractivity contribution in [3.8, 4) is 5.75 Å². The molecule has 1 N–H and O–H groups in total. The molecule has 2 rings (SSSR count). The second-order valence-corrected chi connectivity index (χ2v) is 5.46. The third-order valence-corrected chi connectivity index (χ3v) is 3.73. The lowest BCUT2D eigenvalue weighted by Crippen LogP contribution is -2.37. The van der Waals surface area contributed by atoms with Crippen molar-refractivity contribution >= 4 is 5.91 Å². The summed E-state index contributed by atoms with van der Waals surface area (Å²) in [5.74, 6) is 0.661. The standard InChI is InChI=1S/C19H23NO2/c1-4-18(22-17-11-10-14(2)15(3)12-17)19(21)20-13-16-8-6-5-7-9-16/h5-12,18H,4,13H2,1-3H3,(H,20,21)/t18-/m1/s1. The fourth-order valence-corrected chi connectivity index (χ4v) is 2.17. The molecule has 3 nitrogen and oxygen atoms in total. The Morgan fingerprint density at radius 1 is 1.09 bits per heavy atom. The van der Waals surface area contributed by atoms with E-state index in [0.717, 1.165) is 16.9 Å². The van der Waals surface area contributed by atoms with Gasteiger partial charge in [0, 0.05) is 6.54 Å². The van der Waals surface area contributed by atoms with Gasteiger partial charge in [-0.15, -0.1) is 0 Å². The molecule has 22 heavy (non-hydrogen) atoms. The molecule has 116 valence electrons. The maximum absolute atomic E-state index is 12.3. The van der Waals surface area contributed by atoms with Gasteiger partial charge in [0.1, 0.15) is 5.75 Å². The van der Waals surface area contributed by atoms with Gasteiger partial charge in [0.15, 0.2) is 6.10 Å². The number of benzene rings is 2. The van der Waals surface area contributed by atoms with Crippen molar-refractivity contribution in [3.63, 3.8) is 0 Å². The number of amides is 1. The van der Waals surface area contributed by atoms with Crippen LogP contribution in [0.2, 0.25) is 0 Å². The van der Waals surface area contributed by atoms with E-state index in [0.29, 0.717) is 13.0 Å². The second-order valence-electron chi connectivity index (χ2n) is 5.46. The number of carbonyl (C=O) groups is 1. The first-order valence-electron chi connectivity index (χ1n) is 7.65. The van der Waals surface area contributed by atoms with Gasteiger partial charge in [-0.25, -0.2) is 0 Å². The Bertz CT molecular complexity index is 623. The summed E-state index contributed by atoms with van der Waals surface area (Å²) in [7, 11) is 0. The molecule has 0 aliphatic heterocycles. The van der Waals surface area contributed by atoms with Gasteiger partial charge in [0.05, 0.1) is 0 Å². The average Bonchev–Trinajstić information content (AvgIpc) is 2.54. The van der Waals surface area contributed by atoms with E-state index in [1.807, 2.05) is 62.4 Å². The zero-order valence-corrected chi connectivity index (χ0v) is 13.4. The molecular weight excluding hydrogens is 274 g/mol. The molecule has 0 unspecified atom stereocenters. The largest absolute Gasteiger partial charge is 0.481 e. The van der Waals surface area contributed by atoms with Gasteiger partial charge < -0.3 is 10.1 Å². The van der Waals surface area contributed by atoms with Crippen LogP contribution in [-0.4, -0.2) is 12.0 Å². The fraction of sp³-hybridized carbons (Fsp3) is 0.316. The van der Waals surface area contributed by atoms with Gasteiger partial charge in [0.2, 0.25) is 0 Å². The zero-order chi connectivity index (χ0) is 15.9. The minimum atomic E-state index is -0.467. The van der Waals surface area contributed by atoms with Crippen LogP contribution in [0.1, 0.15) is 30.0 Å². The normalized spacial score (nSPS) is 11.8. The molecule has 0 radical (unpaired) electrons. The highest BCUT2D eigenvalue weighted by molar-refractivity contribution is 5.81. The van der Waals surface area contributed by atoms with Crippen LogP contribution in [0.3, 0.4) is 0 Å². The SMILES string of the molecule is CC[C@@H](Oc1ccc(C)c(C)c1)C(=O)NCc1ccccc1. The third-order valence-electron chi connectivity index (χ3n) is 3.73. The summed E-state index contributed by atoms with van der Waals surface area (Å²) in [5, 5.41) is 2.93. The highest BCUT2D eigenvalue weighted by Gasteiger charge is 2.18. The van der Waals surface area contributed by atoms with Crippen molar-refractivity contribution < 1.29 is 9.53 Å². The van der Waals surface area contributed by atoms with Gasteiger partial charge >= 0.3 is 0 Å². The number of rotatable bonds is 6. The molecule has 2 aromatic rings. The Hall–Kier alpha value is -2.29. The maximum Gasteiger partial charge on any atom is 0.261 e. The summed E-state index contributed by atoms with van der Waals surface area (Å²) in [4.78, 5) is 12.3. The first-order chi connectivity index (χ1) is 10.6. The molecule has 1 atom stereocenters. The Balaban J connectivity index is 1.95. The van der Waals surface area contributed by atoms with E-state index in [1.165, 1.54) is 5.56 Å². The lowest BCUT2D eigenvalue weighted by atomic mass is 10.1. The molecule has 0 saturated heterocycles. The molecule has 1 amide bonds. The molecule has 0 aromatic heterocycles. The van der Waals surface area contributed by atoms with Crippen LogP contribution in [0.5, 0.6) is 5.75 Å². The highest BCUT2D eigenvalue weighted by Crippen LogP contribution is 2.18. The van der Waals surface area contributed by atoms with Gasteiger partial charge in [-0.2, -0.15) is 0 Å². The van der Waals surface area contributed by atoms with E-state index >= 15 is 0 Å². The van der Waals surface area contributed by atoms with Gasteiger partial charge in [-0.1, -0.05) is 43.3 Å². The maximum atomic E-state index is 12.3. The van der Waals surface area contributed by atoms with Crippen LogP contribution in [0.15, 0.2) is 48.5 Å². The number of ether oxygens (including phenoxy) is 1. The Labute approximate surface area is 132 Å². The van der Waals surface area contributed by atoms with Crippen molar-refractivity contribution in [1.82, 2.24) is 5.32 Å². The predicted molar refractivity (Wildman–Crippen MR) is 88.9 cm³/mol. The minimum Gasteiger partial charge on any atom is -0.481 e. The smallest absolute Gasteiger partial charge is 0.261 e. The van der Waals surface area contributed by atoms with E-state index in [4.69, 9.17) is 4.74 Å². The summed E-state index contributed by atoms with van der Waals surface area (Å²) in [6.07, 6.45) is 0.166. The molecule has 0 fully saturated rings. The predicted octanol–water partition coefficient (Wildman–Crippen LogP) is 3.78. The zero-order valence-electron chi connectivity index (χ0n) is 13.4. The molecular formula is C19H23NO2. The summed E-state index contributed by atoms with van der Waals surface area (Å²) in [6, 6.07) is 15.8. The van der Waals surface area contributed by atoms with Crippen LogP contribution in [0.4, 0.5) is 0 Å². The summed E-state index contributed by atoms with van der Waals surface area (Å²) < 4.78 is 5.84. The van der Waals surface area contributed by atoms with E-state index in [2.05, 4.69) is 12.2 Å². The monoisotopic (exact) mass is 297 g/mol. The van der Waals surface area contributed by atoms with Crippen molar-refractivity contribution in [1.29, 1.82) is 0 Å². The topological polar surface area (TPSA) is 38.3 Å². The van der Waals surface area contributed by atoms with Crippen LogP contribution in [0, 0.1) is 13.8 Å². The number of nitrogens with one attached hydrogen (secondary N) is 1. The highest BCUT2D eigenvalue weighted by atomic mass is 16.5. The van der Waals surface area contributed by atoms with Gasteiger partial charge in [-0.05, 0) is 49.1 Å². The molecule has 0 aliphatic rings. The number of hydrogen-bond acceptors (Lipinski definition) is 2. The molecule has 0 aliphatic carbocycles. The fourth-order valence-electron chi connectivity index (χ4n) is 2.17. The summed E-state index contributed by atoms with van der Waals surface area (Å²) >= 11 is 0. The molecule has 0 heterocycles. The minimum absolute atomic E-state index is 0.0791. The number of carbonyl (C=O) groups excluding carboxylic acids is 1. The van der Waals surface area contributed by atoms with E-state index in [9.17, 15) is 4.79 Å². The third kappa shape index (κ3) is 4.35. The van der Waals surface area contributed by atoms with Gasteiger partial charge in [-0.3, -0.25) is 4.79 Å². The first kappa shape index (κ1) is 16.1. The molecule has 3 heteroatoms. The molecule has 0 bridgehead atoms. The first-order valence-corrected chi connectivity index (χ1v) is 7.65. The average molecular weight is 297 g/mol. The van der Waals surface area contributed by atoms with E-state index in [1.54, 1.807) is 0 Å². The second kappa shape index (κ2) is 7.64. The molecule has 2 aromatic carbocycles. The number of aryl methyl sites for hydroxylation is 2. The Morgan fingerprint density at radius 2 is 1.82 bits per heavy atom. The van der Waals surface area contributed by atoms with Crippen LogP contribution in [-0.2, 0) is 11.3 Å².